The minimum Gasteiger partial charge on any atom is -0.382 e. The summed E-state index contributed by atoms with van der Waals surface area (Å²) in [6.07, 6.45) is 8.18. The van der Waals surface area contributed by atoms with E-state index in [-0.39, 0.29) is 0 Å². The Labute approximate surface area is 137 Å². The van der Waals surface area contributed by atoms with E-state index in [1.807, 2.05) is 0 Å². The van der Waals surface area contributed by atoms with Crippen LogP contribution in [0.25, 0.3) is 0 Å². The lowest BCUT2D eigenvalue weighted by Gasteiger charge is -2.37. The molecule has 1 aliphatic carbocycles. The maximum Gasteiger partial charge on any atom is 0.0402 e. The standard InChI is InChI=1S/C18H27BrN2/c1-12-10-14(19)11-13(2)18(12)21-17-7-4-3-6-15(17)16-8-5-9-20-16/h10-11,15-17,20-21H,3-9H2,1-2H3. The van der Waals surface area contributed by atoms with Gasteiger partial charge in [-0.3, -0.25) is 0 Å². The van der Waals surface area contributed by atoms with Crippen molar-refractivity contribution in [3.8, 4) is 0 Å². The van der Waals surface area contributed by atoms with E-state index in [2.05, 4.69) is 52.5 Å². The van der Waals surface area contributed by atoms with Crippen molar-refractivity contribution in [2.75, 3.05) is 11.9 Å². The summed E-state index contributed by atoms with van der Waals surface area (Å²) in [6, 6.07) is 5.81. The molecule has 0 spiro atoms. The van der Waals surface area contributed by atoms with Crippen molar-refractivity contribution in [1.82, 2.24) is 5.32 Å². The summed E-state index contributed by atoms with van der Waals surface area (Å²) in [6.45, 7) is 5.64. The van der Waals surface area contributed by atoms with Gasteiger partial charge < -0.3 is 10.6 Å². The maximum atomic E-state index is 3.91. The maximum absolute atomic E-state index is 3.91. The topological polar surface area (TPSA) is 24.1 Å². The first-order valence-electron chi connectivity index (χ1n) is 8.42. The fourth-order valence-corrected chi connectivity index (χ4v) is 4.91. The van der Waals surface area contributed by atoms with Gasteiger partial charge in [0, 0.05) is 22.2 Å². The molecule has 1 heterocycles. The smallest absolute Gasteiger partial charge is 0.0402 e. The van der Waals surface area contributed by atoms with Crippen molar-refractivity contribution < 1.29 is 0 Å². The molecule has 1 saturated carbocycles. The number of anilines is 1. The zero-order valence-corrected chi connectivity index (χ0v) is 14.8. The molecule has 0 radical (unpaired) electrons. The predicted octanol–water partition coefficient (Wildman–Crippen LogP) is 4.79. The second-order valence-electron chi connectivity index (χ2n) is 6.82. The van der Waals surface area contributed by atoms with Gasteiger partial charge in [0.15, 0.2) is 0 Å². The van der Waals surface area contributed by atoms with E-state index in [4.69, 9.17) is 0 Å². The summed E-state index contributed by atoms with van der Waals surface area (Å²) in [5.41, 5.74) is 4.06. The fraction of sp³-hybridized carbons (Fsp3) is 0.667. The van der Waals surface area contributed by atoms with Crippen LogP contribution in [0, 0.1) is 19.8 Å². The monoisotopic (exact) mass is 350 g/mol. The Morgan fingerprint density at radius 2 is 1.76 bits per heavy atom. The van der Waals surface area contributed by atoms with Crippen LogP contribution in [0.15, 0.2) is 16.6 Å². The number of hydrogen-bond acceptors (Lipinski definition) is 2. The molecule has 3 unspecified atom stereocenters. The molecule has 3 rings (SSSR count). The quantitative estimate of drug-likeness (QED) is 0.818. The van der Waals surface area contributed by atoms with Crippen LogP contribution >= 0.6 is 15.9 Å². The molecular weight excluding hydrogens is 324 g/mol. The second kappa shape index (κ2) is 6.70. The van der Waals surface area contributed by atoms with Gasteiger partial charge in [0.25, 0.3) is 0 Å². The van der Waals surface area contributed by atoms with E-state index in [0.29, 0.717) is 6.04 Å². The number of aryl methyl sites for hydroxylation is 2. The van der Waals surface area contributed by atoms with Crippen molar-refractivity contribution in [3.63, 3.8) is 0 Å². The number of rotatable bonds is 3. The molecule has 0 bridgehead atoms. The molecule has 2 N–H and O–H groups in total. The van der Waals surface area contributed by atoms with Crippen LogP contribution in [0.1, 0.15) is 49.7 Å². The third-order valence-corrected chi connectivity index (χ3v) is 5.72. The molecule has 1 aromatic carbocycles. The van der Waals surface area contributed by atoms with Gasteiger partial charge in [0.1, 0.15) is 0 Å². The normalized spacial score (nSPS) is 29.6. The van der Waals surface area contributed by atoms with Gasteiger partial charge in [0.2, 0.25) is 0 Å². The summed E-state index contributed by atoms with van der Waals surface area (Å²) in [5, 5.41) is 7.64. The van der Waals surface area contributed by atoms with Crippen LogP contribution in [0.5, 0.6) is 0 Å². The Balaban J connectivity index is 1.78. The minimum absolute atomic E-state index is 0.632. The van der Waals surface area contributed by atoms with Crippen molar-refractivity contribution in [3.05, 3.63) is 27.7 Å². The molecule has 1 saturated heterocycles. The number of hydrogen-bond donors (Lipinski definition) is 2. The summed E-state index contributed by atoms with van der Waals surface area (Å²) >= 11 is 3.60. The third kappa shape index (κ3) is 3.45. The van der Waals surface area contributed by atoms with Gasteiger partial charge in [0.05, 0.1) is 0 Å². The molecule has 0 amide bonds. The van der Waals surface area contributed by atoms with Crippen molar-refractivity contribution in [2.24, 2.45) is 5.92 Å². The summed E-state index contributed by atoms with van der Waals surface area (Å²) in [5.74, 6) is 0.795. The molecule has 3 heteroatoms. The van der Waals surface area contributed by atoms with E-state index >= 15 is 0 Å². The minimum atomic E-state index is 0.632. The lowest BCUT2D eigenvalue weighted by molar-refractivity contribution is 0.262. The first kappa shape index (κ1) is 15.4. The van der Waals surface area contributed by atoms with Gasteiger partial charge in [-0.1, -0.05) is 28.8 Å². The molecule has 0 aromatic heterocycles. The lowest BCUT2D eigenvalue weighted by Crippen LogP contribution is -2.43. The Bertz CT molecular complexity index is 471. The lowest BCUT2D eigenvalue weighted by atomic mass is 9.79. The van der Waals surface area contributed by atoms with Crippen LogP contribution in [-0.4, -0.2) is 18.6 Å². The van der Waals surface area contributed by atoms with Gasteiger partial charge in [-0.15, -0.1) is 0 Å². The Morgan fingerprint density at radius 3 is 2.43 bits per heavy atom. The van der Waals surface area contributed by atoms with Crippen LogP contribution in [0.2, 0.25) is 0 Å². The van der Waals surface area contributed by atoms with Crippen LogP contribution in [0.4, 0.5) is 5.69 Å². The first-order chi connectivity index (χ1) is 10.1. The number of nitrogens with one attached hydrogen (secondary N) is 2. The van der Waals surface area contributed by atoms with Crippen molar-refractivity contribution >= 4 is 21.6 Å². The molecule has 2 nitrogen and oxygen atoms in total. The van der Waals surface area contributed by atoms with Crippen molar-refractivity contribution in [1.29, 1.82) is 0 Å². The Kier molecular flexibility index (Phi) is 4.90. The summed E-state index contributed by atoms with van der Waals surface area (Å²) in [4.78, 5) is 0. The summed E-state index contributed by atoms with van der Waals surface area (Å²) < 4.78 is 1.18. The SMILES string of the molecule is Cc1cc(Br)cc(C)c1NC1CCCCC1C1CCCN1. The van der Waals surface area contributed by atoms with Gasteiger partial charge in [-0.05, 0) is 75.3 Å². The predicted molar refractivity (Wildman–Crippen MR) is 94.0 cm³/mol. The van der Waals surface area contributed by atoms with Crippen LogP contribution in [-0.2, 0) is 0 Å². The Morgan fingerprint density at radius 1 is 1.05 bits per heavy atom. The highest BCUT2D eigenvalue weighted by Gasteiger charge is 2.33. The molecule has 2 aliphatic rings. The van der Waals surface area contributed by atoms with Crippen molar-refractivity contribution in [2.45, 2.75) is 64.5 Å². The van der Waals surface area contributed by atoms with E-state index in [9.17, 15) is 0 Å². The second-order valence-corrected chi connectivity index (χ2v) is 7.73. The molecule has 2 fully saturated rings. The first-order valence-corrected chi connectivity index (χ1v) is 9.21. The molecule has 1 aromatic rings. The van der Waals surface area contributed by atoms with Crippen LogP contribution < -0.4 is 10.6 Å². The van der Waals surface area contributed by atoms with E-state index in [0.717, 1.165) is 12.0 Å². The molecule has 1 aliphatic heterocycles. The van der Waals surface area contributed by atoms with Gasteiger partial charge >= 0.3 is 0 Å². The summed E-state index contributed by atoms with van der Waals surface area (Å²) in [7, 11) is 0. The van der Waals surface area contributed by atoms with Gasteiger partial charge in [-0.2, -0.15) is 0 Å². The van der Waals surface area contributed by atoms with E-state index < -0.39 is 0 Å². The third-order valence-electron chi connectivity index (χ3n) is 5.26. The highest BCUT2D eigenvalue weighted by molar-refractivity contribution is 9.10. The fourth-order valence-electron chi connectivity index (χ4n) is 4.22. The zero-order valence-electron chi connectivity index (χ0n) is 13.2. The average Bonchev–Trinajstić information content (AvgIpc) is 2.97. The molecule has 116 valence electrons. The van der Waals surface area contributed by atoms with Gasteiger partial charge in [-0.25, -0.2) is 0 Å². The average molecular weight is 351 g/mol. The number of benzene rings is 1. The van der Waals surface area contributed by atoms with Crippen LogP contribution in [0.3, 0.4) is 0 Å². The largest absolute Gasteiger partial charge is 0.382 e. The zero-order chi connectivity index (χ0) is 14.8. The van der Waals surface area contributed by atoms with E-state index in [1.165, 1.54) is 66.4 Å². The molecule has 3 atom stereocenters. The molecular formula is C18H27BrN2. The number of halogens is 1. The highest BCUT2D eigenvalue weighted by Crippen LogP contribution is 2.34. The Hall–Kier alpha value is -0.540. The highest BCUT2D eigenvalue weighted by atomic mass is 79.9. The molecule has 21 heavy (non-hydrogen) atoms. The van der Waals surface area contributed by atoms with E-state index in [1.54, 1.807) is 0 Å².